The predicted molar refractivity (Wildman–Crippen MR) is 126 cm³/mol. The largest absolute Gasteiger partial charge is 0.434 e. The summed E-state index contributed by atoms with van der Waals surface area (Å²) in [6.07, 6.45) is 16.0. The van der Waals surface area contributed by atoms with E-state index in [0.29, 0.717) is 5.92 Å². The molecule has 0 amide bonds. The number of anilines is 1. The molecular formula is C27H40F3N3O. The van der Waals surface area contributed by atoms with Crippen LogP contribution in [-0.4, -0.2) is 28.7 Å². The van der Waals surface area contributed by atoms with Crippen LogP contribution < -0.4 is 5.32 Å². The fourth-order valence-corrected chi connectivity index (χ4v) is 7.65. The van der Waals surface area contributed by atoms with Crippen molar-refractivity contribution < 1.29 is 17.9 Å². The first kappa shape index (κ1) is 24.3. The molecular weight excluding hydrogens is 439 g/mol. The van der Waals surface area contributed by atoms with Crippen molar-refractivity contribution in [2.75, 3.05) is 11.9 Å². The van der Waals surface area contributed by atoms with Crippen molar-refractivity contribution in [2.24, 2.45) is 29.6 Å². The number of aromatic nitrogens is 2. The topological polar surface area (TPSA) is 47.0 Å². The molecule has 4 aliphatic rings. The maximum absolute atomic E-state index is 13.0. The molecule has 4 fully saturated rings. The van der Waals surface area contributed by atoms with Crippen molar-refractivity contribution >= 4 is 5.82 Å². The van der Waals surface area contributed by atoms with Crippen LogP contribution in [0.5, 0.6) is 0 Å². The Kier molecular flexibility index (Phi) is 7.67. The Bertz CT molecular complexity index is 782. The molecule has 7 heteroatoms. The van der Waals surface area contributed by atoms with Gasteiger partial charge in [0.2, 0.25) is 0 Å². The molecule has 34 heavy (non-hydrogen) atoms. The van der Waals surface area contributed by atoms with E-state index in [4.69, 9.17) is 4.74 Å². The van der Waals surface area contributed by atoms with Crippen molar-refractivity contribution in [3.8, 4) is 0 Å². The van der Waals surface area contributed by atoms with E-state index >= 15 is 0 Å². The van der Waals surface area contributed by atoms with Gasteiger partial charge in [-0.05, 0) is 93.8 Å². The normalized spacial score (nSPS) is 35.9. The Balaban J connectivity index is 1.13. The van der Waals surface area contributed by atoms with Crippen molar-refractivity contribution in [1.82, 2.24) is 9.97 Å². The molecule has 1 saturated heterocycles. The van der Waals surface area contributed by atoms with E-state index in [2.05, 4.69) is 15.3 Å². The molecule has 0 bridgehead atoms. The summed E-state index contributed by atoms with van der Waals surface area (Å²) in [7, 11) is 0. The molecule has 5 rings (SSSR count). The summed E-state index contributed by atoms with van der Waals surface area (Å²) < 4.78 is 45.4. The zero-order valence-corrected chi connectivity index (χ0v) is 20.2. The van der Waals surface area contributed by atoms with E-state index < -0.39 is 11.9 Å². The van der Waals surface area contributed by atoms with Crippen LogP contribution in [0.25, 0.3) is 0 Å². The third-order valence-electron chi connectivity index (χ3n) is 9.46. The second-order valence-corrected chi connectivity index (χ2v) is 11.4. The van der Waals surface area contributed by atoms with Crippen molar-refractivity contribution in [3.63, 3.8) is 0 Å². The van der Waals surface area contributed by atoms with E-state index in [9.17, 15) is 13.2 Å². The van der Waals surface area contributed by atoms with E-state index in [0.717, 1.165) is 49.3 Å². The summed E-state index contributed by atoms with van der Waals surface area (Å²) in [5.41, 5.74) is -0.950. The summed E-state index contributed by atoms with van der Waals surface area (Å²) in [6, 6.07) is -0.00469. The first-order chi connectivity index (χ1) is 16.5. The Morgan fingerprint density at radius 2 is 1.26 bits per heavy atom. The summed E-state index contributed by atoms with van der Waals surface area (Å²) in [6.45, 7) is 0.738. The van der Waals surface area contributed by atoms with Gasteiger partial charge in [-0.15, -0.1) is 0 Å². The van der Waals surface area contributed by atoms with Gasteiger partial charge in [-0.3, -0.25) is 4.98 Å². The lowest BCUT2D eigenvalue weighted by Gasteiger charge is -2.43. The van der Waals surface area contributed by atoms with Crippen molar-refractivity contribution in [3.05, 3.63) is 18.1 Å². The monoisotopic (exact) mass is 479 g/mol. The minimum atomic E-state index is -4.48. The van der Waals surface area contributed by atoms with Gasteiger partial charge in [-0.2, -0.15) is 13.2 Å². The van der Waals surface area contributed by atoms with Crippen LogP contribution in [0.3, 0.4) is 0 Å². The van der Waals surface area contributed by atoms with E-state index in [1.807, 2.05) is 0 Å². The molecule has 0 radical (unpaired) electrons. The average Bonchev–Trinajstić information content (AvgIpc) is 3.40. The lowest BCUT2D eigenvalue weighted by molar-refractivity contribution is -0.141. The van der Waals surface area contributed by atoms with Crippen LogP contribution in [0.2, 0.25) is 0 Å². The summed E-state index contributed by atoms with van der Waals surface area (Å²) in [4.78, 5) is 7.53. The molecule has 1 aliphatic heterocycles. The van der Waals surface area contributed by atoms with E-state index in [1.165, 1.54) is 83.2 Å². The van der Waals surface area contributed by atoms with Crippen LogP contribution in [0.1, 0.15) is 95.6 Å². The third-order valence-corrected chi connectivity index (χ3v) is 9.46. The third kappa shape index (κ3) is 5.71. The first-order valence-corrected chi connectivity index (χ1v) is 13.7. The highest BCUT2D eigenvalue weighted by molar-refractivity contribution is 5.34. The molecule has 3 aliphatic carbocycles. The van der Waals surface area contributed by atoms with Crippen molar-refractivity contribution in [1.29, 1.82) is 0 Å². The summed E-state index contributed by atoms with van der Waals surface area (Å²) in [5.74, 6) is 4.44. The second kappa shape index (κ2) is 10.7. The molecule has 3 saturated carbocycles. The highest BCUT2D eigenvalue weighted by atomic mass is 19.4. The fourth-order valence-electron chi connectivity index (χ4n) is 7.65. The van der Waals surface area contributed by atoms with Crippen LogP contribution in [0.15, 0.2) is 12.4 Å². The quantitative estimate of drug-likeness (QED) is 0.483. The Labute approximate surface area is 201 Å². The Morgan fingerprint density at radius 1 is 0.706 bits per heavy atom. The highest BCUT2D eigenvalue weighted by Gasteiger charge is 2.39. The van der Waals surface area contributed by atoms with Gasteiger partial charge in [0, 0.05) is 6.61 Å². The molecule has 0 aromatic carbocycles. The zero-order chi connectivity index (χ0) is 23.5. The van der Waals surface area contributed by atoms with Crippen LogP contribution in [-0.2, 0) is 10.9 Å². The minimum absolute atomic E-state index is 0.00469. The maximum atomic E-state index is 13.0. The molecule has 1 N–H and O–H groups in total. The molecule has 2 unspecified atom stereocenters. The molecule has 1 aromatic rings. The van der Waals surface area contributed by atoms with Crippen LogP contribution >= 0.6 is 0 Å². The standard InChI is InChI=1S/C27H40F3N3O/c28-27(29,30)24-16-31-17-25(33-24)32-23-6-3-15-34-26(23)22-13-11-21(12-14-22)20-9-7-19(8-10-20)18-4-1-2-5-18/h16-23,26H,1-15H2,(H,32,33). The predicted octanol–water partition coefficient (Wildman–Crippen LogP) is 7.26. The molecule has 1 aromatic heterocycles. The molecule has 190 valence electrons. The highest BCUT2D eigenvalue weighted by Crippen LogP contribution is 2.46. The Morgan fingerprint density at radius 3 is 1.85 bits per heavy atom. The first-order valence-electron chi connectivity index (χ1n) is 13.7. The minimum Gasteiger partial charge on any atom is -0.376 e. The smallest absolute Gasteiger partial charge is 0.376 e. The van der Waals surface area contributed by atoms with Gasteiger partial charge >= 0.3 is 6.18 Å². The van der Waals surface area contributed by atoms with Gasteiger partial charge < -0.3 is 10.1 Å². The van der Waals surface area contributed by atoms with E-state index in [-0.39, 0.29) is 18.0 Å². The number of alkyl halides is 3. The molecule has 2 atom stereocenters. The lowest BCUT2D eigenvalue weighted by Crippen LogP contribution is -2.46. The number of ether oxygens (including phenoxy) is 1. The van der Waals surface area contributed by atoms with Gasteiger partial charge in [-0.1, -0.05) is 25.7 Å². The average molecular weight is 480 g/mol. The van der Waals surface area contributed by atoms with Crippen molar-refractivity contribution in [2.45, 2.75) is 108 Å². The van der Waals surface area contributed by atoms with Gasteiger partial charge in [0.25, 0.3) is 0 Å². The lowest BCUT2D eigenvalue weighted by atomic mass is 9.66. The van der Waals surface area contributed by atoms with Gasteiger partial charge in [0.15, 0.2) is 5.69 Å². The van der Waals surface area contributed by atoms with Crippen LogP contribution in [0.4, 0.5) is 19.0 Å². The van der Waals surface area contributed by atoms with E-state index in [1.54, 1.807) is 0 Å². The van der Waals surface area contributed by atoms with Gasteiger partial charge in [0.1, 0.15) is 5.82 Å². The summed E-state index contributed by atoms with van der Waals surface area (Å²) in [5, 5.41) is 3.25. The van der Waals surface area contributed by atoms with Gasteiger partial charge in [0.05, 0.1) is 24.5 Å². The number of nitrogens with zero attached hydrogens (tertiary/aromatic N) is 2. The fraction of sp³-hybridized carbons (Fsp3) is 0.852. The number of halogens is 3. The number of hydrogen-bond acceptors (Lipinski definition) is 4. The number of rotatable bonds is 5. The zero-order valence-electron chi connectivity index (χ0n) is 20.2. The molecule has 0 spiro atoms. The summed E-state index contributed by atoms with van der Waals surface area (Å²) >= 11 is 0. The Hall–Kier alpha value is -1.37. The van der Waals surface area contributed by atoms with Gasteiger partial charge in [-0.25, -0.2) is 4.98 Å². The molecule has 4 nitrogen and oxygen atoms in total. The number of hydrogen-bond donors (Lipinski definition) is 1. The number of nitrogens with one attached hydrogen (secondary N) is 1. The molecule has 2 heterocycles. The maximum Gasteiger partial charge on any atom is 0.434 e. The SMILES string of the molecule is FC(F)(F)c1cncc(NC2CCCOC2C2CCC(C3CCC(C4CCCC4)CC3)CC2)n1. The second-order valence-electron chi connectivity index (χ2n) is 11.4. The van der Waals surface area contributed by atoms with Crippen LogP contribution in [0, 0.1) is 29.6 Å².